The zero-order chi connectivity index (χ0) is 17.4. The van der Waals surface area contributed by atoms with Gasteiger partial charge in [-0.1, -0.05) is 30.3 Å². The van der Waals surface area contributed by atoms with E-state index in [1.807, 2.05) is 36.4 Å². The number of methoxy groups -OCH3 is 1. The Morgan fingerprint density at radius 2 is 1.83 bits per heavy atom. The Hall–Kier alpha value is -3.08. The minimum atomic E-state index is -0.825. The second-order valence-electron chi connectivity index (χ2n) is 5.16. The summed E-state index contributed by atoms with van der Waals surface area (Å²) in [4.78, 5) is 22.5. The molecule has 0 radical (unpaired) electrons. The Morgan fingerprint density at radius 3 is 2.50 bits per heavy atom. The molecule has 0 bridgehead atoms. The van der Waals surface area contributed by atoms with E-state index in [-0.39, 0.29) is 12.3 Å². The molecule has 0 saturated carbocycles. The van der Waals surface area contributed by atoms with Gasteiger partial charge >= 0.3 is 5.97 Å². The summed E-state index contributed by atoms with van der Waals surface area (Å²) < 4.78 is 5.22. The van der Waals surface area contributed by atoms with Crippen LogP contribution < -0.4 is 10.1 Å². The van der Waals surface area contributed by atoms with E-state index in [1.54, 1.807) is 25.3 Å². The van der Waals surface area contributed by atoms with Crippen molar-refractivity contribution in [2.45, 2.75) is 12.8 Å². The number of para-hydroxylation sites is 1. The summed E-state index contributed by atoms with van der Waals surface area (Å²) in [6.45, 7) is 0. The number of carboxylic acid groups (broad SMARTS) is 1. The van der Waals surface area contributed by atoms with Crippen molar-refractivity contribution in [1.29, 1.82) is 0 Å². The third kappa shape index (κ3) is 5.28. The van der Waals surface area contributed by atoms with Crippen LogP contribution in [-0.4, -0.2) is 24.1 Å². The first-order chi connectivity index (χ1) is 11.6. The standard InChI is InChI=1S/C19H19NO4/c1-24-17-5-3-2-4-15(17)9-12-18(21)20-16-10-6-14(7-11-16)8-13-19(22)23/h2-7,9-12H,8,13H2,1H3,(H,20,21)(H,22,23). The second-order valence-corrected chi connectivity index (χ2v) is 5.16. The van der Waals surface area contributed by atoms with Gasteiger partial charge in [-0.3, -0.25) is 9.59 Å². The highest BCUT2D eigenvalue weighted by Crippen LogP contribution is 2.18. The minimum Gasteiger partial charge on any atom is -0.496 e. The molecule has 0 saturated heterocycles. The number of rotatable bonds is 7. The number of ether oxygens (including phenoxy) is 1. The molecular formula is C19H19NO4. The summed E-state index contributed by atoms with van der Waals surface area (Å²) in [7, 11) is 1.58. The molecule has 24 heavy (non-hydrogen) atoms. The lowest BCUT2D eigenvalue weighted by molar-refractivity contribution is -0.137. The van der Waals surface area contributed by atoms with Crippen LogP contribution in [0.3, 0.4) is 0 Å². The molecule has 0 aromatic heterocycles. The summed E-state index contributed by atoms with van der Waals surface area (Å²) in [6, 6.07) is 14.6. The third-order valence-corrected chi connectivity index (χ3v) is 3.40. The highest BCUT2D eigenvalue weighted by molar-refractivity contribution is 6.02. The Labute approximate surface area is 140 Å². The summed E-state index contributed by atoms with van der Waals surface area (Å²) in [6.07, 6.45) is 3.69. The smallest absolute Gasteiger partial charge is 0.303 e. The number of amides is 1. The highest BCUT2D eigenvalue weighted by Gasteiger charge is 2.02. The lowest BCUT2D eigenvalue weighted by Crippen LogP contribution is -2.07. The number of carbonyl (C=O) groups is 2. The average molecular weight is 325 g/mol. The normalized spacial score (nSPS) is 10.5. The fourth-order valence-electron chi connectivity index (χ4n) is 2.16. The van der Waals surface area contributed by atoms with Gasteiger partial charge in [-0.05, 0) is 36.3 Å². The number of benzene rings is 2. The van der Waals surface area contributed by atoms with Gasteiger partial charge in [0.25, 0.3) is 0 Å². The van der Waals surface area contributed by atoms with Crippen molar-refractivity contribution < 1.29 is 19.4 Å². The summed E-state index contributed by atoms with van der Waals surface area (Å²) in [5.41, 5.74) is 2.39. The van der Waals surface area contributed by atoms with Gasteiger partial charge in [0.1, 0.15) is 5.75 Å². The van der Waals surface area contributed by atoms with Gasteiger partial charge < -0.3 is 15.2 Å². The number of aliphatic carboxylic acids is 1. The zero-order valence-electron chi connectivity index (χ0n) is 13.4. The maximum absolute atomic E-state index is 12.0. The van der Waals surface area contributed by atoms with Crippen LogP contribution in [0.25, 0.3) is 6.08 Å². The van der Waals surface area contributed by atoms with Crippen LogP contribution in [0.2, 0.25) is 0 Å². The Balaban J connectivity index is 1.94. The van der Waals surface area contributed by atoms with Crippen molar-refractivity contribution in [2.24, 2.45) is 0 Å². The van der Waals surface area contributed by atoms with E-state index >= 15 is 0 Å². The predicted molar refractivity (Wildman–Crippen MR) is 93.1 cm³/mol. The van der Waals surface area contributed by atoms with Gasteiger partial charge in [0.2, 0.25) is 5.91 Å². The molecule has 0 fully saturated rings. The van der Waals surface area contributed by atoms with Gasteiger partial charge in [0.05, 0.1) is 7.11 Å². The maximum Gasteiger partial charge on any atom is 0.303 e. The molecule has 0 aliphatic heterocycles. The van der Waals surface area contributed by atoms with Crippen LogP contribution >= 0.6 is 0 Å². The molecule has 2 aromatic carbocycles. The van der Waals surface area contributed by atoms with Gasteiger partial charge in [-0.2, -0.15) is 0 Å². The molecule has 0 spiro atoms. The zero-order valence-corrected chi connectivity index (χ0v) is 13.4. The monoisotopic (exact) mass is 325 g/mol. The number of hydrogen-bond donors (Lipinski definition) is 2. The van der Waals surface area contributed by atoms with Gasteiger partial charge in [-0.25, -0.2) is 0 Å². The number of aryl methyl sites for hydroxylation is 1. The number of nitrogens with one attached hydrogen (secondary N) is 1. The quantitative estimate of drug-likeness (QED) is 0.765. The molecule has 0 heterocycles. The van der Waals surface area contributed by atoms with Crippen LogP contribution in [0.4, 0.5) is 5.69 Å². The molecule has 2 N–H and O–H groups in total. The van der Waals surface area contributed by atoms with Crippen LogP contribution in [-0.2, 0) is 16.0 Å². The minimum absolute atomic E-state index is 0.0906. The second kappa shape index (κ2) is 8.53. The fourth-order valence-corrected chi connectivity index (χ4v) is 2.16. The summed E-state index contributed by atoms with van der Waals surface area (Å²) in [5.74, 6) is -0.377. The molecule has 124 valence electrons. The third-order valence-electron chi connectivity index (χ3n) is 3.40. The van der Waals surface area contributed by atoms with Crippen molar-refractivity contribution in [3.63, 3.8) is 0 Å². The number of carbonyl (C=O) groups excluding carboxylic acids is 1. The molecule has 0 aliphatic rings. The van der Waals surface area contributed by atoms with Gasteiger partial charge in [-0.15, -0.1) is 0 Å². The molecule has 0 unspecified atom stereocenters. The molecule has 2 rings (SSSR count). The molecule has 5 heteroatoms. The van der Waals surface area contributed by atoms with E-state index in [0.717, 1.165) is 11.1 Å². The lowest BCUT2D eigenvalue weighted by Gasteiger charge is -2.05. The number of carboxylic acids is 1. The molecular weight excluding hydrogens is 306 g/mol. The summed E-state index contributed by atoms with van der Waals surface area (Å²) in [5, 5.41) is 11.4. The maximum atomic E-state index is 12.0. The number of anilines is 1. The van der Waals surface area contributed by atoms with Crippen molar-refractivity contribution >= 4 is 23.6 Å². The molecule has 0 atom stereocenters. The van der Waals surface area contributed by atoms with Crippen LogP contribution in [0.5, 0.6) is 5.75 Å². The lowest BCUT2D eigenvalue weighted by atomic mass is 10.1. The van der Waals surface area contributed by atoms with Crippen LogP contribution in [0.15, 0.2) is 54.6 Å². The van der Waals surface area contributed by atoms with Gasteiger partial charge in [0, 0.05) is 23.7 Å². The van der Waals surface area contributed by atoms with E-state index in [2.05, 4.69) is 5.32 Å². The number of hydrogen-bond acceptors (Lipinski definition) is 3. The van der Waals surface area contributed by atoms with Crippen LogP contribution in [0.1, 0.15) is 17.5 Å². The Morgan fingerprint density at radius 1 is 1.12 bits per heavy atom. The molecule has 5 nitrogen and oxygen atoms in total. The van der Waals surface area contributed by atoms with Crippen LogP contribution in [0, 0.1) is 0 Å². The van der Waals surface area contributed by atoms with E-state index < -0.39 is 5.97 Å². The van der Waals surface area contributed by atoms with Crippen molar-refractivity contribution in [3.05, 3.63) is 65.7 Å². The van der Waals surface area contributed by atoms with E-state index in [0.29, 0.717) is 17.9 Å². The predicted octanol–water partition coefficient (Wildman–Crippen LogP) is 3.36. The first-order valence-corrected chi connectivity index (χ1v) is 7.51. The molecule has 1 amide bonds. The largest absolute Gasteiger partial charge is 0.496 e. The highest BCUT2D eigenvalue weighted by atomic mass is 16.5. The summed E-state index contributed by atoms with van der Waals surface area (Å²) >= 11 is 0. The van der Waals surface area contributed by atoms with Crippen molar-refractivity contribution in [3.8, 4) is 5.75 Å². The Kier molecular flexibility index (Phi) is 6.14. The Bertz CT molecular complexity index is 735. The fraction of sp³-hybridized carbons (Fsp3) is 0.158. The molecule has 0 aliphatic carbocycles. The van der Waals surface area contributed by atoms with Crippen molar-refractivity contribution in [2.75, 3.05) is 12.4 Å². The average Bonchev–Trinajstić information content (AvgIpc) is 2.59. The van der Waals surface area contributed by atoms with E-state index in [9.17, 15) is 9.59 Å². The first-order valence-electron chi connectivity index (χ1n) is 7.51. The van der Waals surface area contributed by atoms with E-state index in [1.165, 1.54) is 6.08 Å². The van der Waals surface area contributed by atoms with E-state index in [4.69, 9.17) is 9.84 Å². The SMILES string of the molecule is COc1ccccc1C=CC(=O)Nc1ccc(CCC(=O)O)cc1. The topological polar surface area (TPSA) is 75.6 Å². The molecule has 2 aromatic rings. The van der Waals surface area contributed by atoms with Crippen molar-refractivity contribution in [1.82, 2.24) is 0 Å². The van der Waals surface area contributed by atoms with Gasteiger partial charge in [0.15, 0.2) is 0 Å². The first kappa shape index (κ1) is 17.3.